The van der Waals surface area contributed by atoms with E-state index in [1.54, 1.807) is 24.3 Å². The van der Waals surface area contributed by atoms with Crippen LogP contribution in [0, 0.1) is 11.6 Å². The lowest BCUT2D eigenvalue weighted by molar-refractivity contribution is -0.0103. The molecule has 2 rings (SSSR count). The van der Waals surface area contributed by atoms with E-state index in [1.165, 1.54) is 12.1 Å². The molecule has 0 aliphatic heterocycles. The van der Waals surface area contributed by atoms with Crippen LogP contribution in [0.3, 0.4) is 0 Å². The molecule has 25 heavy (non-hydrogen) atoms. The zero-order chi connectivity index (χ0) is 18.4. The fourth-order valence-electron chi connectivity index (χ4n) is 2.76. The maximum absolute atomic E-state index is 14.3. The lowest BCUT2D eigenvalue weighted by Crippen LogP contribution is -2.20. The van der Waals surface area contributed by atoms with Crippen molar-refractivity contribution in [3.05, 3.63) is 58.1 Å². The van der Waals surface area contributed by atoms with Crippen molar-refractivity contribution in [2.45, 2.75) is 51.4 Å². The number of alkyl halides is 2. The molecule has 0 nitrogen and oxygen atoms in total. The lowest BCUT2D eigenvalue weighted by atomic mass is 9.97. The monoisotopic (exact) mass is 416 g/mol. The first kappa shape index (κ1) is 20.0. The highest BCUT2D eigenvalue weighted by Gasteiger charge is 2.30. The number of unbranched alkanes of at least 4 members (excludes halogenated alkanes) is 3. The average Bonchev–Trinajstić information content (AvgIpc) is 2.57. The highest BCUT2D eigenvalue weighted by Crippen LogP contribution is 2.32. The fourth-order valence-corrected chi connectivity index (χ4v) is 3.02. The predicted octanol–water partition coefficient (Wildman–Crippen LogP) is 7.54. The van der Waals surface area contributed by atoms with Crippen molar-refractivity contribution in [3.8, 4) is 11.1 Å². The molecule has 0 atom stereocenters. The maximum atomic E-state index is 14.3. The quantitative estimate of drug-likeness (QED) is 0.307. The number of benzene rings is 2. The molecule has 0 N–H and O–H groups in total. The first-order valence-corrected chi connectivity index (χ1v) is 9.24. The Labute approximate surface area is 154 Å². The molecule has 5 heteroatoms. The van der Waals surface area contributed by atoms with Gasteiger partial charge >= 0.3 is 0 Å². The van der Waals surface area contributed by atoms with Crippen molar-refractivity contribution >= 4 is 15.9 Å². The molecule has 0 bridgehead atoms. The van der Waals surface area contributed by atoms with Gasteiger partial charge in [0.05, 0.1) is 0 Å². The van der Waals surface area contributed by atoms with Crippen LogP contribution in [0.4, 0.5) is 17.6 Å². The Morgan fingerprint density at radius 3 is 2.20 bits per heavy atom. The highest BCUT2D eigenvalue weighted by molar-refractivity contribution is 9.10. The number of rotatable bonds is 8. The summed E-state index contributed by atoms with van der Waals surface area (Å²) in [5.41, 5.74) is 0.288. The van der Waals surface area contributed by atoms with Crippen LogP contribution in [-0.2, 0) is 6.42 Å². The summed E-state index contributed by atoms with van der Waals surface area (Å²) < 4.78 is 57.5. The summed E-state index contributed by atoms with van der Waals surface area (Å²) in [7, 11) is 0. The molecule has 0 unspecified atom stereocenters. The van der Waals surface area contributed by atoms with Crippen molar-refractivity contribution in [3.63, 3.8) is 0 Å². The summed E-state index contributed by atoms with van der Waals surface area (Å²) in [5.74, 6) is -5.30. The fraction of sp³-hybridized carbons (Fsp3) is 0.400. The zero-order valence-electron chi connectivity index (χ0n) is 14.1. The van der Waals surface area contributed by atoms with E-state index < -0.39 is 24.0 Å². The molecule has 0 radical (unpaired) electrons. The summed E-state index contributed by atoms with van der Waals surface area (Å²) in [4.78, 5) is 0. The smallest absolute Gasteiger partial charge is 0.207 e. The van der Waals surface area contributed by atoms with Gasteiger partial charge < -0.3 is 0 Å². The molecule has 0 saturated heterocycles. The normalized spacial score (nSPS) is 11.8. The van der Waals surface area contributed by atoms with Crippen LogP contribution in [0.25, 0.3) is 11.1 Å². The van der Waals surface area contributed by atoms with Crippen molar-refractivity contribution in [1.29, 1.82) is 0 Å². The lowest BCUT2D eigenvalue weighted by Gasteiger charge is -2.17. The van der Waals surface area contributed by atoms with Crippen molar-refractivity contribution < 1.29 is 17.6 Å². The Hall–Kier alpha value is -1.36. The minimum absolute atomic E-state index is 0.0695. The molecule has 0 spiro atoms. The van der Waals surface area contributed by atoms with Gasteiger partial charge in [-0.3, -0.25) is 0 Å². The standard InChI is InChI=1S/C20H21BrF4/c1-2-3-4-5-12-20(24,25)13-15-8-11-17(19(23)18(15)22)14-6-9-16(21)10-7-14/h6-11H,2-5,12-13H2,1H3. The van der Waals surface area contributed by atoms with E-state index in [-0.39, 0.29) is 17.5 Å². The molecule has 0 fully saturated rings. The Morgan fingerprint density at radius 1 is 0.880 bits per heavy atom. The zero-order valence-corrected chi connectivity index (χ0v) is 15.7. The van der Waals surface area contributed by atoms with E-state index in [9.17, 15) is 17.6 Å². The number of hydrogen-bond acceptors (Lipinski definition) is 0. The SMILES string of the molecule is CCCCCCC(F)(F)Cc1ccc(-c2ccc(Br)cc2)c(F)c1F. The largest absolute Gasteiger partial charge is 0.252 e. The molecule has 0 heterocycles. The highest BCUT2D eigenvalue weighted by atomic mass is 79.9. The van der Waals surface area contributed by atoms with E-state index >= 15 is 0 Å². The van der Waals surface area contributed by atoms with Crippen molar-refractivity contribution in [1.82, 2.24) is 0 Å². The minimum atomic E-state index is -3.03. The molecular formula is C20H21BrF4. The number of hydrogen-bond donors (Lipinski definition) is 0. The van der Waals surface area contributed by atoms with Gasteiger partial charge in [0.1, 0.15) is 0 Å². The second-order valence-corrected chi connectivity index (χ2v) is 7.17. The second kappa shape index (κ2) is 8.84. The second-order valence-electron chi connectivity index (χ2n) is 6.25. The minimum Gasteiger partial charge on any atom is -0.207 e. The van der Waals surface area contributed by atoms with Crippen molar-refractivity contribution in [2.75, 3.05) is 0 Å². The first-order chi connectivity index (χ1) is 11.8. The van der Waals surface area contributed by atoms with Crippen LogP contribution in [0.5, 0.6) is 0 Å². The van der Waals surface area contributed by atoms with Gasteiger partial charge in [-0.1, -0.05) is 66.4 Å². The van der Waals surface area contributed by atoms with Crippen LogP contribution < -0.4 is 0 Å². The van der Waals surface area contributed by atoms with E-state index in [4.69, 9.17) is 0 Å². The molecule has 0 amide bonds. The van der Waals surface area contributed by atoms with Crippen LogP contribution >= 0.6 is 15.9 Å². The molecule has 2 aromatic carbocycles. The number of halogens is 5. The van der Waals surface area contributed by atoms with Crippen molar-refractivity contribution in [2.24, 2.45) is 0 Å². The van der Waals surface area contributed by atoms with Gasteiger partial charge in [0, 0.05) is 22.9 Å². The Balaban J connectivity index is 2.15. The van der Waals surface area contributed by atoms with Crippen LogP contribution in [0.15, 0.2) is 40.9 Å². The van der Waals surface area contributed by atoms with E-state index in [2.05, 4.69) is 15.9 Å². The van der Waals surface area contributed by atoms with E-state index in [0.29, 0.717) is 12.0 Å². The molecule has 0 saturated carbocycles. The maximum Gasteiger partial charge on any atom is 0.252 e. The van der Waals surface area contributed by atoms with Gasteiger partial charge in [0.25, 0.3) is 5.92 Å². The van der Waals surface area contributed by atoms with Gasteiger partial charge in [-0.2, -0.15) is 0 Å². The Morgan fingerprint density at radius 2 is 1.56 bits per heavy atom. The summed E-state index contributed by atoms with van der Waals surface area (Å²) in [6.45, 7) is 2.00. The average molecular weight is 417 g/mol. The molecule has 0 aromatic heterocycles. The molecular weight excluding hydrogens is 396 g/mol. The Bertz CT molecular complexity index is 696. The van der Waals surface area contributed by atoms with Gasteiger partial charge in [-0.05, 0) is 29.7 Å². The van der Waals surface area contributed by atoms with Gasteiger partial charge in [-0.25, -0.2) is 17.6 Å². The molecule has 0 aliphatic rings. The third-order valence-electron chi connectivity index (χ3n) is 4.16. The van der Waals surface area contributed by atoms with Gasteiger partial charge in [-0.15, -0.1) is 0 Å². The third-order valence-corrected chi connectivity index (χ3v) is 4.69. The third kappa shape index (κ3) is 5.56. The summed E-state index contributed by atoms with van der Waals surface area (Å²) >= 11 is 3.27. The molecule has 0 aliphatic carbocycles. The molecule has 2 aromatic rings. The van der Waals surface area contributed by atoms with Crippen LogP contribution in [-0.4, -0.2) is 5.92 Å². The van der Waals surface area contributed by atoms with Gasteiger partial charge in [0.2, 0.25) is 0 Å². The first-order valence-electron chi connectivity index (χ1n) is 8.44. The van der Waals surface area contributed by atoms with E-state index in [0.717, 1.165) is 23.7 Å². The van der Waals surface area contributed by atoms with Crippen LogP contribution in [0.1, 0.15) is 44.6 Å². The Kier molecular flexibility index (Phi) is 7.05. The van der Waals surface area contributed by atoms with E-state index in [1.807, 2.05) is 6.92 Å². The predicted molar refractivity (Wildman–Crippen MR) is 96.9 cm³/mol. The van der Waals surface area contributed by atoms with Crippen LogP contribution in [0.2, 0.25) is 0 Å². The topological polar surface area (TPSA) is 0 Å². The van der Waals surface area contributed by atoms with Gasteiger partial charge in [0.15, 0.2) is 11.6 Å². The summed E-state index contributed by atoms with van der Waals surface area (Å²) in [6, 6.07) is 9.34. The molecule has 136 valence electrons. The summed E-state index contributed by atoms with van der Waals surface area (Å²) in [6.07, 6.45) is 1.91. The summed E-state index contributed by atoms with van der Waals surface area (Å²) in [5, 5.41) is 0.